The monoisotopic (exact) mass is 262 g/mol. The van der Waals surface area contributed by atoms with E-state index >= 15 is 0 Å². The largest absolute Gasteiger partial charge is 0.392 e. The van der Waals surface area contributed by atoms with Crippen molar-refractivity contribution in [3.63, 3.8) is 0 Å². The lowest BCUT2D eigenvalue weighted by atomic mass is 9.76. The Morgan fingerprint density at radius 3 is 2.95 bits per heavy atom. The quantitative estimate of drug-likeness (QED) is 0.780. The van der Waals surface area contributed by atoms with Crippen LogP contribution in [0.5, 0.6) is 0 Å². The van der Waals surface area contributed by atoms with E-state index in [1.807, 2.05) is 12.1 Å². The number of carbonyl (C=O) groups excluding carboxylic acids is 1. The summed E-state index contributed by atoms with van der Waals surface area (Å²) in [7, 11) is 0. The normalized spacial score (nSPS) is 27.0. The van der Waals surface area contributed by atoms with Gasteiger partial charge in [-0.1, -0.05) is 38.0 Å². The van der Waals surface area contributed by atoms with Gasteiger partial charge in [0.1, 0.15) is 0 Å². The number of carbonyl (C=O) groups is 1. The predicted molar refractivity (Wildman–Crippen MR) is 75.5 cm³/mol. The van der Waals surface area contributed by atoms with Crippen LogP contribution in [0.25, 0.3) is 0 Å². The number of benzene rings is 1. The molecule has 1 aromatic rings. The molecule has 104 valence electrons. The van der Waals surface area contributed by atoms with Crippen LogP contribution in [0.4, 0.5) is 5.69 Å². The first-order chi connectivity index (χ1) is 9.05. The van der Waals surface area contributed by atoms with Crippen molar-refractivity contribution >= 4 is 11.6 Å². The standard InChI is InChI=1S/C15H22N2O2/c1-11-5-4-8-15(16,9-11)14(19)17-13-7-3-2-6-12(13)10-18/h2-3,6-7,11,18H,4-5,8-10,16H2,1H3,(H,17,19). The van der Waals surface area contributed by atoms with Gasteiger partial charge >= 0.3 is 0 Å². The lowest BCUT2D eigenvalue weighted by Crippen LogP contribution is -2.53. The number of aliphatic hydroxyl groups is 1. The van der Waals surface area contributed by atoms with Crippen molar-refractivity contribution in [2.75, 3.05) is 5.32 Å². The first-order valence-electron chi connectivity index (χ1n) is 6.84. The van der Waals surface area contributed by atoms with Gasteiger partial charge in [-0.15, -0.1) is 0 Å². The SMILES string of the molecule is CC1CCCC(N)(C(=O)Nc2ccccc2CO)C1. The Kier molecular flexibility index (Phi) is 4.22. The molecule has 1 aliphatic rings. The maximum Gasteiger partial charge on any atom is 0.244 e. The van der Waals surface area contributed by atoms with Crippen molar-refractivity contribution < 1.29 is 9.90 Å². The molecule has 19 heavy (non-hydrogen) atoms. The molecule has 4 N–H and O–H groups in total. The second kappa shape index (κ2) is 5.72. The number of para-hydroxylation sites is 1. The molecule has 2 atom stereocenters. The lowest BCUT2D eigenvalue weighted by Gasteiger charge is -2.35. The van der Waals surface area contributed by atoms with E-state index in [1.54, 1.807) is 12.1 Å². The molecule has 2 unspecified atom stereocenters. The Hall–Kier alpha value is -1.39. The zero-order chi connectivity index (χ0) is 13.9. The van der Waals surface area contributed by atoms with E-state index < -0.39 is 5.54 Å². The summed E-state index contributed by atoms with van der Waals surface area (Å²) in [6, 6.07) is 7.25. The first-order valence-corrected chi connectivity index (χ1v) is 6.84. The topological polar surface area (TPSA) is 75.4 Å². The molecule has 4 heteroatoms. The van der Waals surface area contributed by atoms with E-state index in [9.17, 15) is 9.90 Å². The minimum absolute atomic E-state index is 0.0928. The summed E-state index contributed by atoms with van der Waals surface area (Å²) in [6.45, 7) is 2.04. The van der Waals surface area contributed by atoms with Crippen molar-refractivity contribution in [3.05, 3.63) is 29.8 Å². The molecule has 4 nitrogen and oxygen atoms in total. The van der Waals surface area contributed by atoms with Crippen molar-refractivity contribution in [3.8, 4) is 0 Å². The first kappa shape index (κ1) is 14.0. The summed E-state index contributed by atoms with van der Waals surface area (Å²) < 4.78 is 0. The van der Waals surface area contributed by atoms with Crippen LogP contribution in [0.3, 0.4) is 0 Å². The molecule has 0 saturated heterocycles. The van der Waals surface area contributed by atoms with Gasteiger partial charge in [0.2, 0.25) is 5.91 Å². The second-order valence-electron chi connectivity index (χ2n) is 5.63. The molecule has 1 saturated carbocycles. The number of aliphatic hydroxyl groups excluding tert-OH is 1. The number of anilines is 1. The molecular formula is C15H22N2O2. The number of nitrogens with two attached hydrogens (primary N) is 1. The van der Waals surface area contributed by atoms with Gasteiger partial charge in [0.15, 0.2) is 0 Å². The third-order valence-electron chi connectivity index (χ3n) is 3.92. The molecule has 0 radical (unpaired) electrons. The van der Waals surface area contributed by atoms with Gasteiger partial charge in [0.25, 0.3) is 0 Å². The van der Waals surface area contributed by atoms with Gasteiger partial charge in [-0.2, -0.15) is 0 Å². The summed E-state index contributed by atoms with van der Waals surface area (Å²) in [5.41, 5.74) is 6.84. The Balaban J connectivity index is 2.12. The summed E-state index contributed by atoms with van der Waals surface area (Å²) in [6.07, 6.45) is 3.58. The van der Waals surface area contributed by atoms with Crippen LogP contribution < -0.4 is 11.1 Å². The van der Waals surface area contributed by atoms with Crippen LogP contribution >= 0.6 is 0 Å². The Bertz CT molecular complexity index is 461. The minimum atomic E-state index is -0.778. The molecule has 1 aliphatic carbocycles. The molecule has 0 bridgehead atoms. The van der Waals surface area contributed by atoms with E-state index in [0.717, 1.165) is 25.7 Å². The molecule has 1 amide bonds. The van der Waals surface area contributed by atoms with Crippen molar-refractivity contribution in [2.45, 2.75) is 44.8 Å². The van der Waals surface area contributed by atoms with E-state index in [0.29, 0.717) is 17.2 Å². The van der Waals surface area contributed by atoms with Crippen LogP contribution in [-0.4, -0.2) is 16.6 Å². The van der Waals surface area contributed by atoms with E-state index in [-0.39, 0.29) is 12.5 Å². The maximum absolute atomic E-state index is 12.4. The van der Waals surface area contributed by atoms with Crippen molar-refractivity contribution in [1.82, 2.24) is 0 Å². The number of amides is 1. The molecule has 0 aromatic heterocycles. The third-order valence-corrected chi connectivity index (χ3v) is 3.92. The molecule has 1 fully saturated rings. The Morgan fingerprint density at radius 2 is 2.26 bits per heavy atom. The van der Waals surface area contributed by atoms with Crippen LogP contribution in [0.1, 0.15) is 38.2 Å². The number of hydrogen-bond acceptors (Lipinski definition) is 3. The highest BCUT2D eigenvalue weighted by Crippen LogP contribution is 2.31. The predicted octanol–water partition coefficient (Wildman–Crippen LogP) is 2.02. The van der Waals surface area contributed by atoms with Gasteiger partial charge < -0.3 is 16.2 Å². The van der Waals surface area contributed by atoms with E-state index in [2.05, 4.69) is 12.2 Å². The molecule has 0 aliphatic heterocycles. The molecule has 1 aromatic carbocycles. The highest BCUT2D eigenvalue weighted by atomic mass is 16.3. The fraction of sp³-hybridized carbons (Fsp3) is 0.533. The van der Waals surface area contributed by atoms with E-state index in [1.165, 1.54) is 0 Å². The summed E-state index contributed by atoms with van der Waals surface area (Å²) in [5.74, 6) is 0.345. The summed E-state index contributed by atoms with van der Waals surface area (Å²) >= 11 is 0. The lowest BCUT2D eigenvalue weighted by molar-refractivity contribution is -0.122. The van der Waals surface area contributed by atoms with Crippen LogP contribution in [0, 0.1) is 5.92 Å². The average Bonchev–Trinajstić information content (AvgIpc) is 2.39. The van der Waals surface area contributed by atoms with Gasteiger partial charge in [0, 0.05) is 11.3 Å². The smallest absolute Gasteiger partial charge is 0.244 e. The molecular weight excluding hydrogens is 240 g/mol. The third kappa shape index (κ3) is 3.14. The Morgan fingerprint density at radius 1 is 1.53 bits per heavy atom. The van der Waals surface area contributed by atoms with Gasteiger partial charge in [-0.25, -0.2) is 0 Å². The van der Waals surface area contributed by atoms with Crippen LogP contribution in [0.15, 0.2) is 24.3 Å². The zero-order valence-corrected chi connectivity index (χ0v) is 11.4. The highest BCUT2D eigenvalue weighted by molar-refractivity contribution is 5.98. The number of nitrogens with one attached hydrogen (secondary N) is 1. The molecule has 0 spiro atoms. The molecule has 0 heterocycles. The van der Waals surface area contributed by atoms with Crippen LogP contribution in [0.2, 0.25) is 0 Å². The maximum atomic E-state index is 12.4. The minimum Gasteiger partial charge on any atom is -0.392 e. The fourth-order valence-electron chi connectivity index (χ4n) is 2.83. The Labute approximate surface area is 114 Å². The average molecular weight is 262 g/mol. The van der Waals surface area contributed by atoms with Gasteiger partial charge in [-0.05, 0) is 24.8 Å². The summed E-state index contributed by atoms with van der Waals surface area (Å²) in [4.78, 5) is 12.4. The van der Waals surface area contributed by atoms with Gasteiger partial charge in [0.05, 0.1) is 12.1 Å². The molecule has 2 rings (SSSR count). The van der Waals surface area contributed by atoms with Crippen molar-refractivity contribution in [1.29, 1.82) is 0 Å². The van der Waals surface area contributed by atoms with Crippen LogP contribution in [-0.2, 0) is 11.4 Å². The van der Waals surface area contributed by atoms with Gasteiger partial charge in [-0.3, -0.25) is 4.79 Å². The van der Waals surface area contributed by atoms with E-state index in [4.69, 9.17) is 5.73 Å². The number of hydrogen-bond donors (Lipinski definition) is 3. The highest BCUT2D eigenvalue weighted by Gasteiger charge is 2.38. The number of rotatable bonds is 3. The fourth-order valence-corrected chi connectivity index (χ4v) is 2.83. The summed E-state index contributed by atoms with van der Waals surface area (Å²) in [5, 5.41) is 12.1. The zero-order valence-electron chi connectivity index (χ0n) is 11.4. The van der Waals surface area contributed by atoms with Crippen molar-refractivity contribution in [2.24, 2.45) is 11.7 Å². The second-order valence-corrected chi connectivity index (χ2v) is 5.63.